The average molecular weight is 163 g/mol. The topological polar surface area (TPSA) is 0 Å². The van der Waals surface area contributed by atoms with Crippen molar-refractivity contribution in [1.29, 1.82) is 0 Å². The molecule has 1 radical (unpaired) electrons. The molecular formula is C7H3F4. The van der Waals surface area contributed by atoms with Crippen LogP contribution in [-0.2, 0) is 6.18 Å². The van der Waals surface area contributed by atoms with Crippen LogP contribution in [0.15, 0.2) is 18.2 Å². The number of benzene rings is 1. The van der Waals surface area contributed by atoms with Gasteiger partial charge >= 0.3 is 6.18 Å². The van der Waals surface area contributed by atoms with Crippen LogP contribution in [0.2, 0.25) is 0 Å². The zero-order valence-corrected chi connectivity index (χ0v) is 5.24. The van der Waals surface area contributed by atoms with Crippen LogP contribution in [-0.4, -0.2) is 0 Å². The molecular weight excluding hydrogens is 160 g/mol. The first-order valence-electron chi connectivity index (χ1n) is 2.75. The zero-order chi connectivity index (χ0) is 8.48. The Morgan fingerprint density at radius 3 is 2.27 bits per heavy atom. The Hall–Kier alpha value is -1.06. The second-order valence-corrected chi connectivity index (χ2v) is 1.90. The normalized spacial score (nSPS) is 11.6. The van der Waals surface area contributed by atoms with Crippen LogP contribution < -0.4 is 0 Å². The highest BCUT2D eigenvalue weighted by molar-refractivity contribution is 5.19. The molecule has 0 atom stereocenters. The molecule has 1 aromatic carbocycles. The van der Waals surface area contributed by atoms with E-state index in [0.29, 0.717) is 6.07 Å². The van der Waals surface area contributed by atoms with Crippen LogP contribution in [0.1, 0.15) is 5.56 Å². The highest BCUT2D eigenvalue weighted by atomic mass is 19.4. The van der Waals surface area contributed by atoms with Gasteiger partial charge in [-0.15, -0.1) is 0 Å². The summed E-state index contributed by atoms with van der Waals surface area (Å²) in [6.45, 7) is 0. The summed E-state index contributed by atoms with van der Waals surface area (Å²) in [5.74, 6) is -1.36. The van der Waals surface area contributed by atoms with Crippen molar-refractivity contribution in [2.24, 2.45) is 0 Å². The fourth-order valence-corrected chi connectivity index (χ4v) is 0.635. The molecule has 0 heterocycles. The summed E-state index contributed by atoms with van der Waals surface area (Å²) in [7, 11) is 0. The van der Waals surface area contributed by atoms with E-state index < -0.39 is 17.6 Å². The maximum absolute atomic E-state index is 12.3. The second kappa shape index (κ2) is 2.53. The molecule has 0 nitrogen and oxygen atoms in total. The minimum absolute atomic E-state index is 0.672. The first kappa shape index (κ1) is 8.04. The Morgan fingerprint density at radius 2 is 1.91 bits per heavy atom. The molecule has 11 heavy (non-hydrogen) atoms. The van der Waals surface area contributed by atoms with Crippen LogP contribution in [0, 0.1) is 11.9 Å². The highest BCUT2D eigenvalue weighted by Crippen LogP contribution is 2.30. The number of alkyl halides is 3. The van der Waals surface area contributed by atoms with Crippen molar-refractivity contribution < 1.29 is 17.6 Å². The number of hydrogen-bond acceptors (Lipinski definition) is 0. The fourth-order valence-electron chi connectivity index (χ4n) is 0.635. The summed E-state index contributed by atoms with van der Waals surface area (Å²) in [6, 6.07) is 4.67. The third kappa shape index (κ3) is 1.69. The van der Waals surface area contributed by atoms with E-state index in [1.54, 1.807) is 0 Å². The Bertz CT molecular complexity index is 251. The molecule has 0 aliphatic rings. The summed E-state index contributed by atoms with van der Waals surface area (Å²) in [5, 5.41) is 0. The molecule has 0 aliphatic carbocycles. The zero-order valence-electron chi connectivity index (χ0n) is 5.24. The van der Waals surface area contributed by atoms with E-state index in [1.807, 2.05) is 6.07 Å². The van der Waals surface area contributed by atoms with Gasteiger partial charge in [0.05, 0.1) is 5.56 Å². The molecule has 4 heteroatoms. The third-order valence-electron chi connectivity index (χ3n) is 1.11. The Balaban J connectivity index is 3.14. The van der Waals surface area contributed by atoms with Crippen molar-refractivity contribution in [2.75, 3.05) is 0 Å². The molecule has 59 valence electrons. The molecule has 0 amide bonds. The lowest BCUT2D eigenvalue weighted by Crippen LogP contribution is -2.07. The summed E-state index contributed by atoms with van der Waals surface area (Å²) in [6.07, 6.45) is -4.62. The van der Waals surface area contributed by atoms with Crippen LogP contribution in [0.25, 0.3) is 0 Å². The molecule has 0 bridgehead atoms. The molecule has 0 aromatic heterocycles. The van der Waals surface area contributed by atoms with E-state index >= 15 is 0 Å². The van der Waals surface area contributed by atoms with E-state index in [-0.39, 0.29) is 0 Å². The van der Waals surface area contributed by atoms with E-state index in [2.05, 4.69) is 0 Å². The lowest BCUT2D eigenvalue weighted by Gasteiger charge is -2.05. The van der Waals surface area contributed by atoms with Gasteiger partial charge in [0.25, 0.3) is 0 Å². The SMILES string of the molecule is Fc1[c]cccc1C(F)(F)F. The standard InChI is InChI=1S/C7H3F4/c8-6-4-2-1-3-5(6)7(9,10)11/h1-3H. The molecule has 0 N–H and O–H groups in total. The summed E-state index contributed by atoms with van der Waals surface area (Å²) >= 11 is 0. The average Bonchev–Trinajstić information content (AvgIpc) is 1.86. The lowest BCUT2D eigenvalue weighted by molar-refractivity contribution is -0.140. The molecule has 0 spiro atoms. The minimum atomic E-state index is -4.62. The van der Waals surface area contributed by atoms with Gasteiger partial charge in [0.1, 0.15) is 5.82 Å². The van der Waals surface area contributed by atoms with Gasteiger partial charge in [-0.1, -0.05) is 12.1 Å². The summed E-state index contributed by atoms with van der Waals surface area (Å²) < 4.78 is 47.7. The molecule has 1 aromatic rings. The van der Waals surface area contributed by atoms with E-state index in [0.717, 1.165) is 12.1 Å². The fraction of sp³-hybridized carbons (Fsp3) is 0.143. The quantitative estimate of drug-likeness (QED) is 0.515. The predicted octanol–water partition coefficient (Wildman–Crippen LogP) is 2.64. The van der Waals surface area contributed by atoms with E-state index in [1.165, 1.54) is 0 Å². The van der Waals surface area contributed by atoms with Crippen molar-refractivity contribution in [2.45, 2.75) is 6.18 Å². The second-order valence-electron chi connectivity index (χ2n) is 1.90. The Labute approximate surface area is 60.5 Å². The molecule has 0 aliphatic heterocycles. The lowest BCUT2D eigenvalue weighted by atomic mass is 10.2. The number of rotatable bonds is 0. The van der Waals surface area contributed by atoms with Crippen molar-refractivity contribution in [3.63, 3.8) is 0 Å². The Kier molecular flexibility index (Phi) is 1.85. The third-order valence-corrected chi connectivity index (χ3v) is 1.11. The molecule has 0 saturated carbocycles. The van der Waals surface area contributed by atoms with Gasteiger partial charge < -0.3 is 0 Å². The largest absolute Gasteiger partial charge is 0.419 e. The van der Waals surface area contributed by atoms with Crippen LogP contribution >= 0.6 is 0 Å². The maximum Gasteiger partial charge on any atom is 0.419 e. The smallest absolute Gasteiger partial charge is 0.206 e. The first-order valence-corrected chi connectivity index (χ1v) is 2.75. The van der Waals surface area contributed by atoms with Crippen LogP contribution in [0.5, 0.6) is 0 Å². The molecule has 1 rings (SSSR count). The van der Waals surface area contributed by atoms with E-state index in [4.69, 9.17) is 0 Å². The van der Waals surface area contributed by atoms with Gasteiger partial charge in [0, 0.05) is 6.07 Å². The van der Waals surface area contributed by atoms with Gasteiger partial charge in [-0.3, -0.25) is 0 Å². The molecule has 0 saturated heterocycles. The van der Waals surface area contributed by atoms with Crippen LogP contribution in [0.4, 0.5) is 17.6 Å². The van der Waals surface area contributed by atoms with Crippen molar-refractivity contribution in [3.8, 4) is 0 Å². The first-order chi connectivity index (χ1) is 5.02. The van der Waals surface area contributed by atoms with Crippen molar-refractivity contribution >= 4 is 0 Å². The minimum Gasteiger partial charge on any atom is -0.206 e. The van der Waals surface area contributed by atoms with Gasteiger partial charge in [0.15, 0.2) is 0 Å². The summed E-state index contributed by atoms with van der Waals surface area (Å²) in [5.41, 5.74) is -1.28. The van der Waals surface area contributed by atoms with Gasteiger partial charge in [-0.25, -0.2) is 4.39 Å². The Morgan fingerprint density at radius 1 is 1.27 bits per heavy atom. The highest BCUT2D eigenvalue weighted by Gasteiger charge is 2.33. The van der Waals surface area contributed by atoms with E-state index in [9.17, 15) is 17.6 Å². The summed E-state index contributed by atoms with van der Waals surface area (Å²) in [4.78, 5) is 0. The molecule has 0 unspecified atom stereocenters. The number of hydrogen-bond donors (Lipinski definition) is 0. The maximum atomic E-state index is 12.3. The molecule has 0 fully saturated rings. The van der Waals surface area contributed by atoms with Crippen molar-refractivity contribution in [1.82, 2.24) is 0 Å². The van der Waals surface area contributed by atoms with Gasteiger partial charge in [-0.2, -0.15) is 13.2 Å². The number of halogens is 4. The van der Waals surface area contributed by atoms with Crippen LogP contribution in [0.3, 0.4) is 0 Å². The van der Waals surface area contributed by atoms with Gasteiger partial charge in [0.2, 0.25) is 0 Å². The van der Waals surface area contributed by atoms with Crippen molar-refractivity contribution in [3.05, 3.63) is 35.6 Å². The predicted molar refractivity (Wildman–Crippen MR) is 30.2 cm³/mol. The van der Waals surface area contributed by atoms with Gasteiger partial charge in [-0.05, 0) is 6.07 Å². The monoisotopic (exact) mass is 163 g/mol.